The fraction of sp³-hybridized carbons (Fsp3) is 0.250. The molecule has 1 aromatic rings. The van der Waals surface area contributed by atoms with E-state index in [0.29, 0.717) is 10.0 Å². The molecule has 0 bridgehead atoms. The maximum atomic E-state index is 13.0. The summed E-state index contributed by atoms with van der Waals surface area (Å²) in [5.74, 6) is -3.94. The number of guanidine groups is 1. The van der Waals surface area contributed by atoms with Crippen molar-refractivity contribution in [1.82, 2.24) is 15.3 Å². The number of carboxylic acid groups (broad SMARTS) is 1. The summed E-state index contributed by atoms with van der Waals surface area (Å²) >= 11 is 0. The van der Waals surface area contributed by atoms with Crippen LogP contribution in [0, 0.1) is 10.1 Å². The molecule has 1 saturated heterocycles. The number of carbonyl (C=O) groups excluding carboxylic acids is 4. The second kappa shape index (κ2) is 8.85. The first-order valence-electron chi connectivity index (χ1n) is 8.47. The highest BCUT2D eigenvalue weighted by Gasteiger charge is 2.46. The molecule has 164 valence electrons. The van der Waals surface area contributed by atoms with Gasteiger partial charge in [-0.3, -0.25) is 24.5 Å². The standard InChI is InChI=1S/C16H17N7O8/c1-7(25)21(9(6-24)5-12(26)27)22-14(28)13(20-16(22)29)10-3-2-8(23(30)31)4-11(10)19-15(17)18/h2-4,6,9,13H,5H2,1H3,(H,20,29)(H,26,27)(H4,17,18,19)/t9-,13?/m0/s1. The molecule has 1 unspecified atom stereocenters. The molecule has 1 aliphatic heterocycles. The maximum absolute atomic E-state index is 13.0. The van der Waals surface area contributed by atoms with Crippen LogP contribution in [0.4, 0.5) is 16.2 Å². The molecule has 31 heavy (non-hydrogen) atoms. The number of nitrogens with two attached hydrogens (primary N) is 2. The van der Waals surface area contributed by atoms with Gasteiger partial charge in [0, 0.05) is 24.6 Å². The summed E-state index contributed by atoms with van der Waals surface area (Å²) in [4.78, 5) is 73.9. The zero-order valence-electron chi connectivity index (χ0n) is 15.9. The Hall–Kier alpha value is -4.56. The van der Waals surface area contributed by atoms with Crippen molar-refractivity contribution in [3.05, 3.63) is 33.9 Å². The minimum absolute atomic E-state index is 0.0377. The monoisotopic (exact) mass is 435 g/mol. The molecule has 0 saturated carbocycles. The number of nitro groups is 1. The number of hydrogen-bond donors (Lipinski definition) is 4. The summed E-state index contributed by atoms with van der Waals surface area (Å²) in [6.45, 7) is 0.933. The number of aliphatic carboxylic acids is 1. The molecule has 6 N–H and O–H groups in total. The number of nitrogens with one attached hydrogen (secondary N) is 1. The van der Waals surface area contributed by atoms with Gasteiger partial charge in [-0.2, -0.15) is 5.01 Å². The summed E-state index contributed by atoms with van der Waals surface area (Å²) in [6, 6.07) is -1.10. The fourth-order valence-electron chi connectivity index (χ4n) is 2.90. The number of carbonyl (C=O) groups is 5. The van der Waals surface area contributed by atoms with E-state index in [1.165, 1.54) is 0 Å². The van der Waals surface area contributed by atoms with Crippen LogP contribution in [0.15, 0.2) is 23.2 Å². The Morgan fingerprint density at radius 2 is 2.06 bits per heavy atom. The lowest BCUT2D eigenvalue weighted by Gasteiger charge is -2.31. The van der Waals surface area contributed by atoms with E-state index in [1.54, 1.807) is 0 Å². The third-order valence-corrected chi connectivity index (χ3v) is 4.09. The zero-order chi connectivity index (χ0) is 23.5. The Morgan fingerprint density at radius 1 is 1.42 bits per heavy atom. The number of hydrogen-bond acceptors (Lipinski definition) is 8. The predicted molar refractivity (Wildman–Crippen MR) is 101 cm³/mol. The number of nitrogens with zero attached hydrogens (tertiary/aromatic N) is 4. The highest BCUT2D eigenvalue weighted by Crippen LogP contribution is 2.34. The van der Waals surface area contributed by atoms with Crippen LogP contribution < -0.4 is 16.8 Å². The van der Waals surface area contributed by atoms with E-state index in [2.05, 4.69) is 10.3 Å². The third-order valence-electron chi connectivity index (χ3n) is 4.09. The van der Waals surface area contributed by atoms with E-state index >= 15 is 0 Å². The second-order valence-electron chi connectivity index (χ2n) is 6.23. The van der Waals surface area contributed by atoms with Crippen molar-refractivity contribution in [2.75, 3.05) is 0 Å². The van der Waals surface area contributed by atoms with Crippen molar-refractivity contribution in [2.45, 2.75) is 25.4 Å². The lowest BCUT2D eigenvalue weighted by Crippen LogP contribution is -2.55. The minimum atomic E-state index is -1.64. The Bertz CT molecular complexity index is 1000. The van der Waals surface area contributed by atoms with Gasteiger partial charge in [-0.15, -0.1) is 0 Å². The van der Waals surface area contributed by atoms with Crippen LogP contribution in [-0.4, -0.2) is 62.1 Å². The lowest BCUT2D eigenvalue weighted by atomic mass is 10.0. The lowest BCUT2D eigenvalue weighted by molar-refractivity contribution is -0.384. The van der Waals surface area contributed by atoms with Crippen LogP contribution >= 0.6 is 0 Å². The van der Waals surface area contributed by atoms with Gasteiger partial charge in [-0.05, 0) is 6.07 Å². The molecule has 1 fully saturated rings. The van der Waals surface area contributed by atoms with Gasteiger partial charge < -0.3 is 26.7 Å². The molecule has 1 aromatic carbocycles. The molecule has 1 heterocycles. The Kier molecular flexibility index (Phi) is 6.49. The second-order valence-corrected chi connectivity index (χ2v) is 6.23. The van der Waals surface area contributed by atoms with E-state index in [4.69, 9.17) is 16.6 Å². The van der Waals surface area contributed by atoms with Crippen molar-refractivity contribution < 1.29 is 34.0 Å². The van der Waals surface area contributed by atoms with Gasteiger partial charge in [0.05, 0.1) is 17.0 Å². The highest BCUT2D eigenvalue weighted by atomic mass is 16.6. The summed E-state index contributed by atoms with van der Waals surface area (Å²) in [5, 5.41) is 23.0. The molecule has 15 nitrogen and oxygen atoms in total. The molecule has 0 spiro atoms. The van der Waals surface area contributed by atoms with Crippen molar-refractivity contribution in [3.63, 3.8) is 0 Å². The number of hydrazine groups is 1. The van der Waals surface area contributed by atoms with E-state index < -0.39 is 58.9 Å². The van der Waals surface area contributed by atoms with Gasteiger partial charge in [-0.1, -0.05) is 0 Å². The van der Waals surface area contributed by atoms with E-state index in [1.807, 2.05) is 0 Å². The minimum Gasteiger partial charge on any atom is -0.481 e. The first-order chi connectivity index (χ1) is 14.5. The van der Waals surface area contributed by atoms with Gasteiger partial charge in [0.15, 0.2) is 5.96 Å². The summed E-state index contributed by atoms with van der Waals surface area (Å²) < 4.78 is 0. The van der Waals surface area contributed by atoms with E-state index in [0.717, 1.165) is 25.1 Å². The smallest absolute Gasteiger partial charge is 0.344 e. The molecule has 0 aromatic heterocycles. The number of aliphatic imine (C=N–C) groups is 1. The first-order valence-corrected chi connectivity index (χ1v) is 8.47. The number of nitro benzene ring substituents is 1. The van der Waals surface area contributed by atoms with Gasteiger partial charge in [-0.25, -0.2) is 14.8 Å². The third kappa shape index (κ3) is 4.72. The number of non-ortho nitro benzene ring substituents is 1. The van der Waals surface area contributed by atoms with E-state index in [-0.39, 0.29) is 17.5 Å². The fourth-order valence-corrected chi connectivity index (χ4v) is 2.90. The van der Waals surface area contributed by atoms with Crippen molar-refractivity contribution in [2.24, 2.45) is 16.5 Å². The summed E-state index contributed by atoms with van der Waals surface area (Å²) in [7, 11) is 0. The number of benzene rings is 1. The maximum Gasteiger partial charge on any atom is 0.344 e. The number of rotatable bonds is 8. The van der Waals surface area contributed by atoms with E-state index in [9.17, 15) is 34.1 Å². The number of imide groups is 1. The van der Waals surface area contributed by atoms with Crippen molar-refractivity contribution in [1.29, 1.82) is 0 Å². The zero-order valence-corrected chi connectivity index (χ0v) is 15.9. The van der Waals surface area contributed by atoms with Crippen LogP contribution in [0.5, 0.6) is 0 Å². The van der Waals surface area contributed by atoms with Gasteiger partial charge in [0.2, 0.25) is 5.91 Å². The molecule has 0 radical (unpaired) electrons. The number of carboxylic acids is 1. The van der Waals surface area contributed by atoms with Gasteiger partial charge >= 0.3 is 12.0 Å². The molecule has 1 aliphatic rings. The Morgan fingerprint density at radius 3 is 2.55 bits per heavy atom. The SMILES string of the molecule is CC(=O)N([C@H](C=O)CC(=O)O)N1C(=O)NC(c2ccc([N+](=O)[O-])cc2N=C(N)N)C1=O. The quantitative estimate of drug-likeness (QED) is 0.0960. The van der Waals surface area contributed by atoms with Crippen LogP contribution in [-0.2, 0) is 19.2 Å². The highest BCUT2D eigenvalue weighted by molar-refractivity contribution is 6.06. The summed E-state index contributed by atoms with van der Waals surface area (Å²) in [6.07, 6.45) is -0.748. The average molecular weight is 435 g/mol. The molecule has 4 amide bonds. The van der Waals surface area contributed by atoms with Crippen LogP contribution in [0.1, 0.15) is 24.9 Å². The van der Waals surface area contributed by atoms with Crippen LogP contribution in [0.25, 0.3) is 0 Å². The molecule has 2 atom stereocenters. The van der Waals surface area contributed by atoms with Gasteiger partial charge in [0.1, 0.15) is 18.4 Å². The first kappa shape index (κ1) is 22.7. The number of aldehydes is 1. The molecule has 15 heteroatoms. The van der Waals surface area contributed by atoms with Crippen LogP contribution in [0.2, 0.25) is 0 Å². The molecular formula is C16H17N7O8. The molecule has 0 aliphatic carbocycles. The average Bonchev–Trinajstić information content (AvgIpc) is 2.94. The molecular weight excluding hydrogens is 418 g/mol. The van der Waals surface area contributed by atoms with Crippen molar-refractivity contribution >= 4 is 47.4 Å². The number of amides is 4. The largest absolute Gasteiger partial charge is 0.481 e. The predicted octanol–water partition coefficient (Wildman–Crippen LogP) is -1.10. The summed E-state index contributed by atoms with van der Waals surface area (Å²) in [5.41, 5.74) is 10.0. The van der Waals surface area contributed by atoms with Crippen LogP contribution in [0.3, 0.4) is 0 Å². The van der Waals surface area contributed by atoms with Crippen molar-refractivity contribution in [3.8, 4) is 0 Å². The van der Waals surface area contributed by atoms with Gasteiger partial charge in [0.25, 0.3) is 11.6 Å². The Labute approximate surface area is 173 Å². The molecule has 2 rings (SSSR count). The number of urea groups is 1. The Balaban J connectivity index is 2.52. The topological polar surface area (TPSA) is 232 Å². The normalized spacial score (nSPS) is 16.3.